The second-order valence-electron chi connectivity index (χ2n) is 3.34. The van der Waals surface area contributed by atoms with Gasteiger partial charge in [-0.2, -0.15) is 0 Å². The molecule has 0 spiro atoms. The molecule has 1 aliphatic heterocycles. The maximum atomic E-state index is 5.69. The highest BCUT2D eigenvalue weighted by atomic mass is 16.5. The minimum absolute atomic E-state index is 0.280. The number of hydrogen-bond donors (Lipinski definition) is 2. The summed E-state index contributed by atoms with van der Waals surface area (Å²) >= 11 is 0. The highest BCUT2D eigenvalue weighted by Gasteiger charge is 2.14. The van der Waals surface area contributed by atoms with Crippen LogP contribution in [-0.4, -0.2) is 29.2 Å². The van der Waals surface area contributed by atoms with Gasteiger partial charge in [-0.1, -0.05) is 0 Å². The third kappa shape index (κ3) is 2.32. The molecule has 1 saturated heterocycles. The van der Waals surface area contributed by atoms with E-state index in [1.165, 1.54) is 0 Å². The average molecular weight is 194 g/mol. The van der Waals surface area contributed by atoms with Gasteiger partial charge < -0.3 is 15.8 Å². The number of nitrogen functional groups attached to an aromatic ring is 1. The summed E-state index contributed by atoms with van der Waals surface area (Å²) in [6.07, 6.45) is 5.58. The van der Waals surface area contributed by atoms with E-state index in [1.807, 2.05) is 0 Å². The van der Waals surface area contributed by atoms with E-state index in [1.54, 1.807) is 12.4 Å². The van der Waals surface area contributed by atoms with Crippen LogP contribution in [0.1, 0.15) is 12.8 Å². The molecule has 1 aromatic rings. The lowest BCUT2D eigenvalue weighted by Gasteiger charge is -2.23. The molecule has 0 atom stereocenters. The van der Waals surface area contributed by atoms with Crippen LogP contribution in [0.2, 0.25) is 0 Å². The van der Waals surface area contributed by atoms with Crippen LogP contribution in [0.15, 0.2) is 12.4 Å². The van der Waals surface area contributed by atoms with Crippen molar-refractivity contribution in [2.24, 2.45) is 0 Å². The van der Waals surface area contributed by atoms with Crippen molar-refractivity contribution >= 4 is 5.95 Å². The molecule has 2 heterocycles. The molecule has 0 unspecified atom stereocenters. The highest BCUT2D eigenvalue weighted by Crippen LogP contribution is 2.14. The van der Waals surface area contributed by atoms with Gasteiger partial charge in [0.25, 0.3) is 0 Å². The fourth-order valence-electron chi connectivity index (χ4n) is 1.49. The quantitative estimate of drug-likeness (QED) is 0.703. The largest absolute Gasteiger partial charge is 0.487 e. The standard InChI is InChI=1S/C9H14N4O/c10-9-12-5-8(6-13-9)14-7-1-3-11-4-2-7/h5-7,11H,1-4H2,(H2,10,12,13). The third-order valence-electron chi connectivity index (χ3n) is 2.24. The molecule has 5 heteroatoms. The predicted molar refractivity (Wildman–Crippen MR) is 53.0 cm³/mol. The number of piperidine rings is 1. The first-order valence-corrected chi connectivity index (χ1v) is 4.79. The number of ether oxygens (including phenoxy) is 1. The number of rotatable bonds is 2. The number of hydrogen-bond acceptors (Lipinski definition) is 5. The number of aromatic nitrogens is 2. The van der Waals surface area contributed by atoms with Gasteiger partial charge in [-0.05, 0) is 25.9 Å². The van der Waals surface area contributed by atoms with Gasteiger partial charge >= 0.3 is 0 Å². The minimum Gasteiger partial charge on any atom is -0.487 e. The monoisotopic (exact) mass is 194 g/mol. The molecule has 0 saturated carbocycles. The smallest absolute Gasteiger partial charge is 0.220 e. The van der Waals surface area contributed by atoms with Gasteiger partial charge in [0.05, 0.1) is 12.4 Å². The van der Waals surface area contributed by atoms with E-state index < -0.39 is 0 Å². The molecule has 14 heavy (non-hydrogen) atoms. The van der Waals surface area contributed by atoms with E-state index in [0.29, 0.717) is 5.75 Å². The molecule has 5 nitrogen and oxygen atoms in total. The molecule has 0 radical (unpaired) electrons. The minimum atomic E-state index is 0.280. The average Bonchev–Trinajstić information content (AvgIpc) is 2.23. The summed E-state index contributed by atoms with van der Waals surface area (Å²) in [6.45, 7) is 2.03. The maximum absolute atomic E-state index is 5.69. The fourth-order valence-corrected chi connectivity index (χ4v) is 1.49. The number of nitrogens with zero attached hydrogens (tertiary/aromatic N) is 2. The first-order valence-electron chi connectivity index (χ1n) is 4.79. The van der Waals surface area contributed by atoms with Crippen LogP contribution >= 0.6 is 0 Å². The Morgan fingerprint density at radius 1 is 1.29 bits per heavy atom. The molecule has 1 fully saturated rings. The lowest BCUT2D eigenvalue weighted by Crippen LogP contribution is -2.34. The SMILES string of the molecule is Nc1ncc(OC2CCNCC2)cn1. The van der Waals surface area contributed by atoms with Crippen molar-refractivity contribution in [3.8, 4) is 5.75 Å². The summed E-state index contributed by atoms with van der Waals surface area (Å²) in [4.78, 5) is 7.74. The lowest BCUT2D eigenvalue weighted by molar-refractivity contribution is 0.161. The van der Waals surface area contributed by atoms with Crippen LogP contribution < -0.4 is 15.8 Å². The van der Waals surface area contributed by atoms with Crippen LogP contribution in [0.3, 0.4) is 0 Å². The van der Waals surface area contributed by atoms with Crippen molar-refractivity contribution in [2.75, 3.05) is 18.8 Å². The van der Waals surface area contributed by atoms with E-state index in [4.69, 9.17) is 10.5 Å². The van der Waals surface area contributed by atoms with Crippen LogP contribution in [0.4, 0.5) is 5.95 Å². The molecule has 0 aromatic carbocycles. The van der Waals surface area contributed by atoms with E-state index in [2.05, 4.69) is 15.3 Å². The van der Waals surface area contributed by atoms with Gasteiger partial charge in [-0.15, -0.1) is 0 Å². The molecule has 1 aromatic heterocycles. The molecule has 0 bridgehead atoms. The van der Waals surface area contributed by atoms with Crippen molar-refractivity contribution < 1.29 is 4.74 Å². The van der Waals surface area contributed by atoms with Crippen LogP contribution in [0.5, 0.6) is 5.75 Å². The maximum Gasteiger partial charge on any atom is 0.220 e. The van der Waals surface area contributed by atoms with Crippen molar-refractivity contribution in [3.05, 3.63) is 12.4 Å². The Balaban J connectivity index is 1.92. The topological polar surface area (TPSA) is 73.1 Å². The summed E-state index contributed by atoms with van der Waals surface area (Å²) in [5, 5.41) is 3.28. The highest BCUT2D eigenvalue weighted by molar-refractivity contribution is 5.21. The number of anilines is 1. The molecule has 0 amide bonds. The van der Waals surface area contributed by atoms with Gasteiger partial charge in [-0.25, -0.2) is 9.97 Å². The van der Waals surface area contributed by atoms with Crippen molar-refractivity contribution in [2.45, 2.75) is 18.9 Å². The zero-order chi connectivity index (χ0) is 9.80. The first-order chi connectivity index (χ1) is 6.84. The Bertz CT molecular complexity index is 281. The number of nitrogens with two attached hydrogens (primary N) is 1. The number of nitrogens with one attached hydrogen (secondary N) is 1. The second kappa shape index (κ2) is 4.23. The van der Waals surface area contributed by atoms with Gasteiger partial charge in [0.1, 0.15) is 6.10 Å². The molecule has 1 aliphatic rings. The van der Waals surface area contributed by atoms with Gasteiger partial charge in [0, 0.05) is 0 Å². The van der Waals surface area contributed by atoms with Crippen molar-refractivity contribution in [3.63, 3.8) is 0 Å². The summed E-state index contributed by atoms with van der Waals surface area (Å²) in [5.74, 6) is 0.980. The Morgan fingerprint density at radius 3 is 2.57 bits per heavy atom. The lowest BCUT2D eigenvalue weighted by atomic mass is 10.1. The summed E-state index contributed by atoms with van der Waals surface area (Å²) < 4.78 is 5.69. The molecular weight excluding hydrogens is 180 g/mol. The zero-order valence-corrected chi connectivity index (χ0v) is 7.94. The van der Waals surface area contributed by atoms with Gasteiger partial charge in [0.2, 0.25) is 5.95 Å². The van der Waals surface area contributed by atoms with Gasteiger partial charge in [0.15, 0.2) is 5.75 Å². The Hall–Kier alpha value is -1.36. The zero-order valence-electron chi connectivity index (χ0n) is 7.94. The van der Waals surface area contributed by atoms with Crippen LogP contribution in [0, 0.1) is 0 Å². The Labute approximate surface area is 82.7 Å². The third-order valence-corrected chi connectivity index (χ3v) is 2.24. The molecular formula is C9H14N4O. The summed E-state index contributed by atoms with van der Waals surface area (Å²) in [5.41, 5.74) is 5.37. The Kier molecular flexibility index (Phi) is 2.78. The summed E-state index contributed by atoms with van der Waals surface area (Å²) in [7, 11) is 0. The predicted octanol–water partition coefficient (Wildman–Crippen LogP) is 0.190. The fraction of sp³-hybridized carbons (Fsp3) is 0.556. The van der Waals surface area contributed by atoms with E-state index in [0.717, 1.165) is 25.9 Å². The Morgan fingerprint density at radius 2 is 1.93 bits per heavy atom. The van der Waals surface area contributed by atoms with Gasteiger partial charge in [-0.3, -0.25) is 0 Å². The second-order valence-corrected chi connectivity index (χ2v) is 3.34. The van der Waals surface area contributed by atoms with E-state index in [-0.39, 0.29) is 12.1 Å². The molecule has 76 valence electrons. The molecule has 3 N–H and O–H groups in total. The van der Waals surface area contributed by atoms with Crippen LogP contribution in [0.25, 0.3) is 0 Å². The van der Waals surface area contributed by atoms with Crippen molar-refractivity contribution in [1.29, 1.82) is 0 Å². The molecule has 0 aliphatic carbocycles. The van der Waals surface area contributed by atoms with Crippen LogP contribution in [-0.2, 0) is 0 Å². The van der Waals surface area contributed by atoms with E-state index >= 15 is 0 Å². The van der Waals surface area contributed by atoms with Crippen molar-refractivity contribution in [1.82, 2.24) is 15.3 Å². The first kappa shape index (κ1) is 9.21. The summed E-state index contributed by atoms with van der Waals surface area (Å²) in [6, 6.07) is 0. The molecule has 2 rings (SSSR count). The van der Waals surface area contributed by atoms with E-state index in [9.17, 15) is 0 Å². The normalized spacial score (nSPS) is 18.0.